The molecule has 0 aliphatic carbocycles. The minimum atomic E-state index is 1.19. The first-order valence-corrected chi connectivity index (χ1v) is 1.69. The SMILES string of the molecule is C[CH+]CC. The lowest BCUT2D eigenvalue weighted by Gasteiger charge is -1.55. The molecule has 0 aliphatic rings. The lowest BCUT2D eigenvalue weighted by Crippen LogP contribution is -1.50. The Kier molecular flexibility index (Phi) is 2.78. The summed E-state index contributed by atoms with van der Waals surface area (Å²) >= 11 is 0. The van der Waals surface area contributed by atoms with Gasteiger partial charge in [0, 0.05) is 0 Å². The van der Waals surface area contributed by atoms with Crippen LogP contribution < -0.4 is 0 Å². The smallest absolute Gasteiger partial charge is 0.0244 e. The first kappa shape index (κ1) is 3.87. The third-order valence-electron chi connectivity index (χ3n) is 0.408. The first-order chi connectivity index (χ1) is 1.91. The standard InChI is InChI=1S/C4H9/c1-3-4-2/h3H,4H2,1-2H3/q+1. The molecule has 0 heterocycles. The van der Waals surface area contributed by atoms with Crippen LogP contribution >= 0.6 is 0 Å². The molecular weight excluding hydrogens is 48.0 g/mol. The third-order valence-corrected chi connectivity index (χ3v) is 0.408. The summed E-state index contributed by atoms with van der Waals surface area (Å²) in [6.07, 6.45) is 3.32. The van der Waals surface area contributed by atoms with Crippen molar-refractivity contribution in [3.05, 3.63) is 6.42 Å². The topological polar surface area (TPSA) is 0 Å². The van der Waals surface area contributed by atoms with Crippen molar-refractivity contribution in [1.29, 1.82) is 0 Å². The van der Waals surface area contributed by atoms with E-state index < -0.39 is 0 Å². The van der Waals surface area contributed by atoms with E-state index >= 15 is 0 Å². The number of hydrogen-bond acceptors (Lipinski definition) is 0. The minimum Gasteiger partial charge on any atom is -0.0244 e. The van der Waals surface area contributed by atoms with Crippen LogP contribution in [0.3, 0.4) is 0 Å². The Bertz CT molecular complexity index is 2.00. The second-order valence-electron chi connectivity index (χ2n) is 0.816. The summed E-state index contributed by atoms with van der Waals surface area (Å²) < 4.78 is 0. The van der Waals surface area contributed by atoms with Crippen molar-refractivity contribution in [2.24, 2.45) is 0 Å². The minimum absolute atomic E-state index is 1.19. The first-order valence-electron chi connectivity index (χ1n) is 1.69. The molecule has 0 spiro atoms. The van der Waals surface area contributed by atoms with Gasteiger partial charge in [-0.1, -0.05) is 0 Å². The summed E-state index contributed by atoms with van der Waals surface area (Å²) in [5.41, 5.74) is 0. The highest BCUT2D eigenvalue weighted by molar-refractivity contribution is 4.45. The molecule has 0 saturated heterocycles. The molecule has 0 atom stereocenters. The second-order valence-corrected chi connectivity index (χ2v) is 0.816. The molecule has 0 N–H and O–H groups in total. The number of hydrogen-bond donors (Lipinski definition) is 0. The van der Waals surface area contributed by atoms with E-state index in [1.807, 2.05) is 0 Å². The van der Waals surface area contributed by atoms with E-state index in [0.29, 0.717) is 0 Å². The van der Waals surface area contributed by atoms with Crippen LogP contribution in [0.4, 0.5) is 0 Å². The fourth-order valence-corrected chi connectivity index (χ4v) is 0. The molecule has 24 valence electrons. The van der Waals surface area contributed by atoms with Crippen LogP contribution in [-0.4, -0.2) is 0 Å². The Morgan fingerprint density at radius 3 is 2.00 bits per heavy atom. The summed E-state index contributed by atoms with van der Waals surface area (Å²) in [5.74, 6) is 0. The van der Waals surface area contributed by atoms with Gasteiger partial charge in [-0.25, -0.2) is 0 Å². The van der Waals surface area contributed by atoms with E-state index in [9.17, 15) is 0 Å². The second kappa shape index (κ2) is 2.87. The molecule has 0 heteroatoms. The Hall–Kier alpha value is -0.130. The van der Waals surface area contributed by atoms with Gasteiger partial charge >= 0.3 is 0 Å². The van der Waals surface area contributed by atoms with Gasteiger partial charge in [0.1, 0.15) is 0 Å². The Labute approximate surface area is 27.8 Å². The van der Waals surface area contributed by atoms with Crippen molar-refractivity contribution >= 4 is 0 Å². The highest BCUT2D eigenvalue weighted by Gasteiger charge is 1.68. The van der Waals surface area contributed by atoms with E-state index in [1.54, 1.807) is 0 Å². The van der Waals surface area contributed by atoms with Gasteiger partial charge in [0.2, 0.25) is 0 Å². The summed E-state index contributed by atoms with van der Waals surface area (Å²) in [6, 6.07) is 0. The lowest BCUT2D eigenvalue weighted by atomic mass is 10.4. The molecule has 0 rings (SSSR count). The van der Waals surface area contributed by atoms with Crippen molar-refractivity contribution in [2.75, 3.05) is 0 Å². The highest BCUT2D eigenvalue weighted by atomic mass is 13.6. The maximum Gasteiger partial charge on any atom is 0.0844 e. The largest absolute Gasteiger partial charge is 0.0844 e. The molecule has 0 saturated carbocycles. The predicted octanol–water partition coefficient (Wildman–Crippen LogP) is 1.62. The predicted molar refractivity (Wildman–Crippen MR) is 20.3 cm³/mol. The van der Waals surface area contributed by atoms with Gasteiger partial charge in [0.05, 0.1) is 19.8 Å². The van der Waals surface area contributed by atoms with Crippen molar-refractivity contribution in [1.82, 2.24) is 0 Å². The molecule has 0 amide bonds. The Balaban J connectivity index is 1.97. The van der Waals surface area contributed by atoms with Crippen LogP contribution in [-0.2, 0) is 0 Å². The van der Waals surface area contributed by atoms with E-state index in [1.165, 1.54) is 6.42 Å². The summed E-state index contributed by atoms with van der Waals surface area (Å²) in [7, 11) is 0. The maximum atomic E-state index is 2.12. The zero-order chi connectivity index (χ0) is 3.41. The van der Waals surface area contributed by atoms with Crippen LogP contribution in [0, 0.1) is 6.42 Å². The molecule has 0 aromatic carbocycles. The van der Waals surface area contributed by atoms with E-state index in [-0.39, 0.29) is 0 Å². The molecule has 0 unspecified atom stereocenters. The number of unbranched alkanes of at least 4 members (excludes halogenated alkanes) is 1. The van der Waals surface area contributed by atoms with Gasteiger partial charge in [-0.15, -0.1) is 0 Å². The molecule has 0 aromatic rings. The quantitative estimate of drug-likeness (QED) is 0.401. The average Bonchev–Trinajstić information content (AvgIpc) is 1.37. The lowest BCUT2D eigenvalue weighted by molar-refractivity contribution is 1.10. The van der Waals surface area contributed by atoms with Crippen molar-refractivity contribution in [2.45, 2.75) is 20.3 Å². The molecule has 0 fully saturated rings. The summed E-state index contributed by atoms with van der Waals surface area (Å²) in [5, 5.41) is 0. The Morgan fingerprint density at radius 2 is 2.00 bits per heavy atom. The molecule has 4 heavy (non-hydrogen) atoms. The highest BCUT2D eigenvalue weighted by Crippen LogP contribution is 1.74. The van der Waals surface area contributed by atoms with Crippen molar-refractivity contribution in [3.8, 4) is 0 Å². The van der Waals surface area contributed by atoms with Crippen LogP contribution in [0.15, 0.2) is 0 Å². The maximum absolute atomic E-state index is 2.12. The van der Waals surface area contributed by atoms with Gasteiger partial charge in [0.25, 0.3) is 0 Å². The Morgan fingerprint density at radius 1 is 1.75 bits per heavy atom. The fraction of sp³-hybridized carbons (Fsp3) is 0.750. The van der Waals surface area contributed by atoms with Crippen LogP contribution in [0.25, 0.3) is 0 Å². The third kappa shape index (κ3) is 1.87. The van der Waals surface area contributed by atoms with Gasteiger partial charge in [-0.2, -0.15) is 0 Å². The molecule has 0 aliphatic heterocycles. The van der Waals surface area contributed by atoms with Crippen molar-refractivity contribution in [3.63, 3.8) is 0 Å². The van der Waals surface area contributed by atoms with Gasteiger partial charge in [-0.3, -0.25) is 0 Å². The monoisotopic (exact) mass is 57.1 g/mol. The van der Waals surface area contributed by atoms with Crippen LogP contribution in [0.2, 0.25) is 0 Å². The van der Waals surface area contributed by atoms with Crippen molar-refractivity contribution < 1.29 is 0 Å². The molecule has 0 radical (unpaired) electrons. The van der Waals surface area contributed by atoms with Gasteiger partial charge in [0.15, 0.2) is 0 Å². The molecule has 0 nitrogen and oxygen atoms in total. The zero-order valence-corrected chi connectivity index (χ0v) is 3.28. The van der Waals surface area contributed by atoms with E-state index in [0.717, 1.165) is 0 Å². The van der Waals surface area contributed by atoms with E-state index in [2.05, 4.69) is 20.3 Å². The summed E-state index contributed by atoms with van der Waals surface area (Å²) in [6.45, 7) is 4.18. The average molecular weight is 57.1 g/mol. The molecule has 0 aromatic heterocycles. The van der Waals surface area contributed by atoms with Gasteiger partial charge in [-0.05, 0) is 6.92 Å². The molecule has 0 bridgehead atoms. The zero-order valence-electron chi connectivity index (χ0n) is 3.28. The normalized spacial score (nSPS) is 6.50. The van der Waals surface area contributed by atoms with Gasteiger partial charge < -0.3 is 0 Å². The van der Waals surface area contributed by atoms with Crippen LogP contribution in [0.5, 0.6) is 0 Å². The summed E-state index contributed by atoms with van der Waals surface area (Å²) in [4.78, 5) is 0. The van der Waals surface area contributed by atoms with E-state index in [4.69, 9.17) is 0 Å². The number of rotatable bonds is 1. The molecular formula is C4H9+. The van der Waals surface area contributed by atoms with Crippen LogP contribution in [0.1, 0.15) is 20.3 Å². The fourth-order valence-electron chi connectivity index (χ4n) is 0.